The Hall–Kier alpha value is -2.28. The van der Waals surface area contributed by atoms with Crippen LogP contribution in [0.25, 0.3) is 0 Å². The fourth-order valence-corrected chi connectivity index (χ4v) is 3.33. The molecule has 2 heterocycles. The lowest BCUT2D eigenvalue weighted by Gasteiger charge is -2.05. The first-order valence-corrected chi connectivity index (χ1v) is 9.01. The van der Waals surface area contributed by atoms with Crippen LogP contribution in [0.15, 0.2) is 12.1 Å². The number of rotatable bonds is 8. The summed E-state index contributed by atoms with van der Waals surface area (Å²) in [6.45, 7) is 5.64. The number of nitrogens with one attached hydrogen (secondary N) is 1. The molecule has 7 heteroatoms. The van der Waals surface area contributed by atoms with Crippen LogP contribution >= 0.6 is 11.3 Å². The van der Waals surface area contributed by atoms with Crippen LogP contribution in [0.2, 0.25) is 0 Å². The van der Waals surface area contributed by atoms with Gasteiger partial charge < -0.3 is 5.32 Å². The van der Waals surface area contributed by atoms with Crippen LogP contribution in [-0.4, -0.2) is 27.3 Å². The zero-order chi connectivity index (χ0) is 18.6. The van der Waals surface area contributed by atoms with Crippen molar-refractivity contribution in [2.24, 2.45) is 7.05 Å². The fraction of sp³-hybridized carbons (Fsp3) is 0.444. The molecule has 0 bridgehead atoms. The lowest BCUT2D eigenvalue weighted by atomic mass is 10.1. The Labute approximate surface area is 151 Å². The van der Waals surface area contributed by atoms with Gasteiger partial charge in [-0.05, 0) is 32.9 Å². The lowest BCUT2D eigenvalue weighted by Crippen LogP contribution is -2.15. The Morgan fingerprint density at radius 2 is 1.76 bits per heavy atom. The number of anilines is 1. The number of ketones is 2. The van der Waals surface area contributed by atoms with Crippen molar-refractivity contribution in [1.82, 2.24) is 9.78 Å². The van der Waals surface area contributed by atoms with Gasteiger partial charge in [-0.3, -0.25) is 19.1 Å². The molecule has 0 spiro atoms. The molecular weight excluding hydrogens is 338 g/mol. The number of carbonyl (C=O) groups excluding carboxylic acids is 3. The van der Waals surface area contributed by atoms with Crippen molar-refractivity contribution in [2.45, 2.75) is 46.5 Å². The van der Waals surface area contributed by atoms with Gasteiger partial charge in [0.15, 0.2) is 5.78 Å². The highest BCUT2D eigenvalue weighted by molar-refractivity contribution is 7.14. The molecular formula is C18H23N3O3S. The third-order valence-electron chi connectivity index (χ3n) is 4.05. The first-order valence-electron chi connectivity index (χ1n) is 8.19. The fourth-order valence-electron chi connectivity index (χ4n) is 2.49. The van der Waals surface area contributed by atoms with Gasteiger partial charge in [0.1, 0.15) is 5.78 Å². The minimum absolute atomic E-state index is 0.0162. The normalized spacial score (nSPS) is 10.7. The zero-order valence-electron chi connectivity index (χ0n) is 15.0. The molecule has 2 aromatic rings. The molecule has 2 rings (SSSR count). The Bertz CT molecular complexity index is 805. The van der Waals surface area contributed by atoms with Gasteiger partial charge in [-0.25, -0.2) is 0 Å². The number of amides is 1. The average molecular weight is 361 g/mol. The van der Waals surface area contributed by atoms with Crippen molar-refractivity contribution in [2.75, 3.05) is 5.32 Å². The second-order valence-electron chi connectivity index (χ2n) is 6.09. The first kappa shape index (κ1) is 19.1. The second kappa shape index (κ2) is 8.20. The summed E-state index contributed by atoms with van der Waals surface area (Å²) in [5.74, 6) is -0.304. The summed E-state index contributed by atoms with van der Waals surface area (Å²) >= 11 is 1.44. The molecule has 1 amide bonds. The number of carbonyl (C=O) groups is 3. The van der Waals surface area contributed by atoms with Gasteiger partial charge in [-0.1, -0.05) is 0 Å². The van der Waals surface area contributed by atoms with E-state index in [0.29, 0.717) is 10.6 Å². The Balaban J connectivity index is 1.76. The number of nitrogens with zero attached hydrogens (tertiary/aromatic N) is 2. The molecule has 0 aromatic carbocycles. The Morgan fingerprint density at radius 3 is 2.32 bits per heavy atom. The van der Waals surface area contributed by atoms with E-state index in [-0.39, 0.29) is 43.2 Å². The van der Waals surface area contributed by atoms with E-state index >= 15 is 0 Å². The van der Waals surface area contributed by atoms with E-state index in [2.05, 4.69) is 10.4 Å². The smallest absolute Gasteiger partial charge is 0.224 e. The van der Waals surface area contributed by atoms with E-state index in [1.807, 2.05) is 33.9 Å². The van der Waals surface area contributed by atoms with Gasteiger partial charge in [0.25, 0.3) is 0 Å². The van der Waals surface area contributed by atoms with Gasteiger partial charge in [-0.2, -0.15) is 5.10 Å². The van der Waals surface area contributed by atoms with Crippen LogP contribution in [0, 0.1) is 20.8 Å². The Kier molecular flexibility index (Phi) is 6.25. The van der Waals surface area contributed by atoms with E-state index in [0.717, 1.165) is 16.3 Å². The zero-order valence-corrected chi connectivity index (χ0v) is 15.8. The van der Waals surface area contributed by atoms with Crippen molar-refractivity contribution >= 4 is 34.5 Å². The average Bonchev–Trinajstić information content (AvgIpc) is 3.09. The number of thiophene rings is 1. The molecule has 134 valence electrons. The molecule has 0 atom stereocenters. The minimum Gasteiger partial charge on any atom is -0.323 e. The maximum atomic E-state index is 12.0. The third-order valence-corrected chi connectivity index (χ3v) is 5.09. The summed E-state index contributed by atoms with van der Waals surface area (Å²) in [5.41, 5.74) is 2.31. The summed E-state index contributed by atoms with van der Waals surface area (Å²) in [6.07, 6.45) is 0.620. The molecule has 0 unspecified atom stereocenters. The molecule has 1 N–H and O–H groups in total. The van der Waals surface area contributed by atoms with Crippen molar-refractivity contribution in [3.05, 3.63) is 33.3 Å². The monoisotopic (exact) mass is 361 g/mol. The highest BCUT2D eigenvalue weighted by Crippen LogP contribution is 2.19. The van der Waals surface area contributed by atoms with E-state index in [1.54, 1.807) is 10.7 Å². The highest BCUT2D eigenvalue weighted by atomic mass is 32.1. The molecule has 25 heavy (non-hydrogen) atoms. The number of Topliss-reactive ketones (excluding diaryl/α,β-unsaturated/α-hetero) is 2. The lowest BCUT2D eigenvalue weighted by molar-refractivity contribution is -0.122. The van der Waals surface area contributed by atoms with Crippen molar-refractivity contribution < 1.29 is 14.4 Å². The van der Waals surface area contributed by atoms with Crippen LogP contribution in [0.3, 0.4) is 0 Å². The van der Waals surface area contributed by atoms with E-state index in [4.69, 9.17) is 0 Å². The maximum Gasteiger partial charge on any atom is 0.224 e. The summed E-state index contributed by atoms with van der Waals surface area (Å²) in [7, 11) is 1.81. The molecule has 0 saturated carbocycles. The molecule has 2 aromatic heterocycles. The molecule has 0 saturated heterocycles. The van der Waals surface area contributed by atoms with E-state index < -0.39 is 0 Å². The largest absolute Gasteiger partial charge is 0.323 e. The summed E-state index contributed by atoms with van der Waals surface area (Å²) in [5, 5.41) is 7.05. The summed E-state index contributed by atoms with van der Waals surface area (Å²) in [4.78, 5) is 37.7. The van der Waals surface area contributed by atoms with Gasteiger partial charge in [0, 0.05) is 37.6 Å². The van der Waals surface area contributed by atoms with Crippen molar-refractivity contribution in [3.8, 4) is 0 Å². The standard InChI is InChI=1S/C18H23N3O3S/c1-11-5-9-16(25-11)15(23)8-6-14(22)7-10-17(24)19-18-12(2)20-21(4)13(18)3/h5,9H,6-8,10H2,1-4H3,(H,19,24). The van der Waals surface area contributed by atoms with Crippen LogP contribution < -0.4 is 5.32 Å². The number of aromatic nitrogens is 2. The molecule has 6 nitrogen and oxygen atoms in total. The van der Waals surface area contributed by atoms with Gasteiger partial charge >= 0.3 is 0 Å². The van der Waals surface area contributed by atoms with Crippen molar-refractivity contribution in [1.29, 1.82) is 0 Å². The molecule has 0 aliphatic heterocycles. The number of hydrogen-bond acceptors (Lipinski definition) is 5. The topological polar surface area (TPSA) is 81.1 Å². The predicted octanol–water partition coefficient (Wildman–Crippen LogP) is 3.36. The van der Waals surface area contributed by atoms with Crippen LogP contribution in [0.4, 0.5) is 5.69 Å². The summed E-state index contributed by atoms with van der Waals surface area (Å²) in [6, 6.07) is 3.69. The second-order valence-corrected chi connectivity index (χ2v) is 7.38. The van der Waals surface area contributed by atoms with Crippen LogP contribution in [0.5, 0.6) is 0 Å². The number of aryl methyl sites for hydroxylation is 3. The van der Waals surface area contributed by atoms with Gasteiger partial charge in [-0.15, -0.1) is 11.3 Å². The quantitative estimate of drug-likeness (QED) is 0.731. The number of hydrogen-bond donors (Lipinski definition) is 1. The minimum atomic E-state index is -0.215. The molecule has 0 aliphatic carbocycles. The molecule has 0 fully saturated rings. The van der Waals surface area contributed by atoms with Crippen LogP contribution in [-0.2, 0) is 16.6 Å². The van der Waals surface area contributed by atoms with Crippen LogP contribution in [0.1, 0.15) is 51.6 Å². The third kappa shape index (κ3) is 5.09. The molecule has 0 aliphatic rings. The van der Waals surface area contributed by atoms with E-state index in [9.17, 15) is 14.4 Å². The Morgan fingerprint density at radius 1 is 1.08 bits per heavy atom. The predicted molar refractivity (Wildman–Crippen MR) is 98.2 cm³/mol. The molecule has 0 radical (unpaired) electrons. The first-order chi connectivity index (χ1) is 11.8. The van der Waals surface area contributed by atoms with Gasteiger partial charge in [0.2, 0.25) is 5.91 Å². The SMILES string of the molecule is Cc1ccc(C(=O)CCC(=O)CCC(=O)Nc2c(C)nn(C)c2C)s1. The van der Waals surface area contributed by atoms with Crippen molar-refractivity contribution in [3.63, 3.8) is 0 Å². The van der Waals surface area contributed by atoms with E-state index in [1.165, 1.54) is 11.3 Å². The highest BCUT2D eigenvalue weighted by Gasteiger charge is 2.15. The maximum absolute atomic E-state index is 12.0. The summed E-state index contributed by atoms with van der Waals surface area (Å²) < 4.78 is 1.70. The van der Waals surface area contributed by atoms with Gasteiger partial charge in [0.05, 0.1) is 22.0 Å².